The SMILES string of the molecule is N#C[C@H](C(=O)C[C@@H]1OCCc2ccccc21)c1nc2ccccc2o1. The molecule has 0 saturated heterocycles. The van der Waals surface area contributed by atoms with Gasteiger partial charge in [0.15, 0.2) is 17.3 Å². The molecule has 2 aromatic carbocycles. The molecule has 2 heterocycles. The van der Waals surface area contributed by atoms with Crippen molar-refractivity contribution in [3.63, 3.8) is 0 Å². The van der Waals surface area contributed by atoms with Crippen molar-refractivity contribution < 1.29 is 13.9 Å². The van der Waals surface area contributed by atoms with E-state index in [0.29, 0.717) is 17.7 Å². The maximum Gasteiger partial charge on any atom is 0.220 e. The number of nitriles is 1. The third kappa shape index (κ3) is 2.92. The molecule has 0 fully saturated rings. The second kappa shape index (κ2) is 6.50. The van der Waals surface area contributed by atoms with Gasteiger partial charge in [-0.15, -0.1) is 0 Å². The number of carbonyl (C=O) groups is 1. The molecule has 0 unspecified atom stereocenters. The zero-order chi connectivity index (χ0) is 17.2. The molecule has 0 amide bonds. The molecule has 0 spiro atoms. The summed E-state index contributed by atoms with van der Waals surface area (Å²) < 4.78 is 11.4. The largest absolute Gasteiger partial charge is 0.439 e. The summed E-state index contributed by atoms with van der Waals surface area (Å²) in [6.45, 7) is 0.578. The van der Waals surface area contributed by atoms with Crippen LogP contribution in [0.25, 0.3) is 11.1 Å². The third-order valence-electron chi connectivity index (χ3n) is 4.49. The van der Waals surface area contributed by atoms with E-state index in [1.54, 1.807) is 12.1 Å². The summed E-state index contributed by atoms with van der Waals surface area (Å²) in [7, 11) is 0. The van der Waals surface area contributed by atoms with Gasteiger partial charge in [0.05, 0.1) is 18.8 Å². The van der Waals surface area contributed by atoms with Crippen molar-refractivity contribution in [1.82, 2.24) is 4.98 Å². The first-order valence-electron chi connectivity index (χ1n) is 8.23. The van der Waals surface area contributed by atoms with Crippen molar-refractivity contribution in [3.05, 3.63) is 65.5 Å². The van der Waals surface area contributed by atoms with E-state index in [0.717, 1.165) is 12.0 Å². The predicted octanol–water partition coefficient (Wildman–Crippen LogP) is 3.71. The highest BCUT2D eigenvalue weighted by atomic mass is 16.5. The van der Waals surface area contributed by atoms with Gasteiger partial charge in [-0.1, -0.05) is 36.4 Å². The fourth-order valence-electron chi connectivity index (χ4n) is 3.22. The van der Waals surface area contributed by atoms with Gasteiger partial charge >= 0.3 is 0 Å². The Balaban J connectivity index is 1.58. The number of ketones is 1. The fraction of sp³-hybridized carbons (Fsp3) is 0.250. The van der Waals surface area contributed by atoms with Crippen molar-refractivity contribution in [2.45, 2.75) is 24.9 Å². The topological polar surface area (TPSA) is 76.1 Å². The number of hydrogen-bond acceptors (Lipinski definition) is 5. The molecule has 0 radical (unpaired) electrons. The van der Waals surface area contributed by atoms with Gasteiger partial charge in [-0.25, -0.2) is 4.98 Å². The summed E-state index contributed by atoms with van der Waals surface area (Å²) in [5.74, 6) is -1.11. The lowest BCUT2D eigenvalue weighted by molar-refractivity contribution is -0.123. The van der Waals surface area contributed by atoms with E-state index in [-0.39, 0.29) is 24.2 Å². The predicted molar refractivity (Wildman–Crippen MR) is 90.8 cm³/mol. The van der Waals surface area contributed by atoms with Gasteiger partial charge in [-0.05, 0) is 29.7 Å². The van der Waals surface area contributed by atoms with E-state index in [4.69, 9.17) is 9.15 Å². The molecule has 1 aromatic heterocycles. The lowest BCUT2D eigenvalue weighted by Crippen LogP contribution is -2.21. The molecular formula is C20H16N2O3. The molecule has 2 atom stereocenters. The number of hydrogen-bond donors (Lipinski definition) is 0. The van der Waals surface area contributed by atoms with Crippen molar-refractivity contribution in [2.24, 2.45) is 0 Å². The van der Waals surface area contributed by atoms with Crippen molar-refractivity contribution in [3.8, 4) is 6.07 Å². The number of benzene rings is 2. The van der Waals surface area contributed by atoms with Gasteiger partial charge < -0.3 is 9.15 Å². The molecule has 3 aromatic rings. The highest BCUT2D eigenvalue weighted by Gasteiger charge is 2.30. The minimum Gasteiger partial charge on any atom is -0.439 e. The van der Waals surface area contributed by atoms with E-state index >= 15 is 0 Å². The Morgan fingerprint density at radius 2 is 2.04 bits per heavy atom. The Morgan fingerprint density at radius 1 is 1.24 bits per heavy atom. The first-order chi connectivity index (χ1) is 12.3. The highest BCUT2D eigenvalue weighted by molar-refractivity contribution is 5.88. The summed E-state index contributed by atoms with van der Waals surface area (Å²) in [5.41, 5.74) is 3.44. The normalized spacial score (nSPS) is 17.6. The maximum absolute atomic E-state index is 12.7. The quantitative estimate of drug-likeness (QED) is 0.728. The average Bonchev–Trinajstić information content (AvgIpc) is 3.06. The number of ether oxygens (including phenoxy) is 1. The zero-order valence-electron chi connectivity index (χ0n) is 13.5. The Kier molecular flexibility index (Phi) is 4.04. The first-order valence-corrected chi connectivity index (χ1v) is 8.23. The van der Waals surface area contributed by atoms with Gasteiger partial charge in [0, 0.05) is 6.42 Å². The average molecular weight is 332 g/mol. The van der Waals surface area contributed by atoms with Crippen molar-refractivity contribution in [2.75, 3.05) is 6.61 Å². The number of Topliss-reactive ketones (excluding diaryl/α,β-unsaturated/α-hetero) is 1. The molecular weight excluding hydrogens is 316 g/mol. The molecule has 4 rings (SSSR count). The van der Waals surface area contributed by atoms with Crippen molar-refractivity contribution >= 4 is 16.9 Å². The van der Waals surface area contributed by atoms with Crippen LogP contribution < -0.4 is 0 Å². The van der Waals surface area contributed by atoms with Gasteiger partial charge in [-0.2, -0.15) is 5.26 Å². The molecule has 25 heavy (non-hydrogen) atoms. The molecule has 1 aliphatic heterocycles. The summed E-state index contributed by atoms with van der Waals surface area (Å²) in [5, 5.41) is 9.49. The van der Waals surface area contributed by atoms with E-state index in [9.17, 15) is 10.1 Å². The standard InChI is InChI=1S/C20H16N2O3/c21-12-15(20-22-16-7-3-4-8-18(16)25-20)17(23)11-19-14-6-2-1-5-13(14)9-10-24-19/h1-8,15,19H,9-11H2/t15-,19+/m1/s1. The van der Waals surface area contributed by atoms with Crippen LogP contribution in [0.4, 0.5) is 0 Å². The number of nitrogens with zero attached hydrogens (tertiary/aromatic N) is 2. The number of para-hydroxylation sites is 2. The number of carbonyl (C=O) groups excluding carboxylic acids is 1. The second-order valence-corrected chi connectivity index (χ2v) is 6.06. The van der Waals surface area contributed by atoms with Crippen LogP contribution in [0.3, 0.4) is 0 Å². The fourth-order valence-corrected chi connectivity index (χ4v) is 3.22. The molecule has 0 bridgehead atoms. The van der Waals surface area contributed by atoms with Crippen LogP contribution in [0.15, 0.2) is 52.9 Å². The Bertz CT molecular complexity index is 937. The highest BCUT2D eigenvalue weighted by Crippen LogP contribution is 2.32. The summed E-state index contributed by atoms with van der Waals surface area (Å²) in [4.78, 5) is 17.0. The lowest BCUT2D eigenvalue weighted by Gasteiger charge is -2.25. The monoisotopic (exact) mass is 332 g/mol. The number of fused-ring (bicyclic) bond motifs is 2. The molecule has 124 valence electrons. The summed E-state index contributed by atoms with van der Waals surface area (Å²) >= 11 is 0. The van der Waals surface area contributed by atoms with Crippen LogP contribution in [-0.2, 0) is 16.0 Å². The molecule has 0 saturated carbocycles. The van der Waals surface area contributed by atoms with Gasteiger partial charge in [-0.3, -0.25) is 4.79 Å². The molecule has 0 N–H and O–H groups in total. The minimum absolute atomic E-state index is 0.133. The Labute approximate surface area is 144 Å². The Morgan fingerprint density at radius 3 is 2.88 bits per heavy atom. The molecule has 5 heteroatoms. The Hall–Kier alpha value is -2.97. The molecule has 0 aliphatic carbocycles. The van der Waals surface area contributed by atoms with E-state index in [1.165, 1.54) is 5.56 Å². The summed E-state index contributed by atoms with van der Waals surface area (Å²) in [6.07, 6.45) is 0.652. The van der Waals surface area contributed by atoms with Crippen molar-refractivity contribution in [1.29, 1.82) is 5.26 Å². The second-order valence-electron chi connectivity index (χ2n) is 6.06. The van der Waals surface area contributed by atoms with Crippen LogP contribution in [0.1, 0.15) is 35.5 Å². The molecule has 1 aliphatic rings. The van der Waals surface area contributed by atoms with Gasteiger partial charge in [0.25, 0.3) is 0 Å². The van der Waals surface area contributed by atoms with E-state index < -0.39 is 5.92 Å². The molecule has 5 nitrogen and oxygen atoms in total. The maximum atomic E-state index is 12.7. The van der Waals surface area contributed by atoms with Crippen LogP contribution >= 0.6 is 0 Å². The third-order valence-corrected chi connectivity index (χ3v) is 4.49. The van der Waals surface area contributed by atoms with E-state index in [2.05, 4.69) is 11.1 Å². The first kappa shape index (κ1) is 15.6. The zero-order valence-corrected chi connectivity index (χ0v) is 13.5. The van der Waals surface area contributed by atoms with Crippen LogP contribution in [0.2, 0.25) is 0 Å². The lowest BCUT2D eigenvalue weighted by atomic mass is 9.91. The number of oxazole rings is 1. The van der Waals surface area contributed by atoms with Crippen LogP contribution in [-0.4, -0.2) is 17.4 Å². The van der Waals surface area contributed by atoms with Crippen LogP contribution in [0, 0.1) is 11.3 Å². The number of rotatable bonds is 4. The van der Waals surface area contributed by atoms with Crippen LogP contribution in [0.5, 0.6) is 0 Å². The van der Waals surface area contributed by atoms with Gasteiger partial charge in [0.1, 0.15) is 5.52 Å². The summed E-state index contributed by atoms with van der Waals surface area (Å²) in [6, 6.07) is 17.2. The minimum atomic E-state index is -1.02. The van der Waals surface area contributed by atoms with E-state index in [1.807, 2.05) is 36.4 Å². The smallest absolute Gasteiger partial charge is 0.220 e. The van der Waals surface area contributed by atoms with Gasteiger partial charge in [0.2, 0.25) is 5.89 Å². The number of aromatic nitrogens is 1.